The Morgan fingerprint density at radius 3 is 2.43 bits per heavy atom. The van der Waals surface area contributed by atoms with Gasteiger partial charge in [-0.3, -0.25) is 9.59 Å². The molecule has 1 heterocycles. The molecule has 2 rings (SSSR count). The molecule has 0 saturated carbocycles. The maximum atomic E-state index is 12.3. The van der Waals surface area contributed by atoms with E-state index in [-0.39, 0.29) is 18.0 Å². The Kier molecular flexibility index (Phi) is 6.54. The van der Waals surface area contributed by atoms with Gasteiger partial charge in [-0.1, -0.05) is 24.3 Å². The number of nitrogens with zero attached hydrogens (tertiary/aromatic N) is 1. The van der Waals surface area contributed by atoms with E-state index in [1.54, 1.807) is 17.8 Å². The second-order valence-corrected chi connectivity index (χ2v) is 5.32. The van der Waals surface area contributed by atoms with Crippen molar-refractivity contribution in [3.8, 4) is 11.1 Å². The summed E-state index contributed by atoms with van der Waals surface area (Å²) in [5.74, 6) is -0.433. The summed E-state index contributed by atoms with van der Waals surface area (Å²) < 4.78 is 6.17. The smallest absolute Gasteiger partial charge is 0.322 e. The van der Waals surface area contributed by atoms with E-state index < -0.39 is 12.0 Å². The highest BCUT2D eigenvalue weighted by atomic mass is 35.5. The van der Waals surface area contributed by atoms with E-state index in [2.05, 4.69) is 4.74 Å². The molecule has 1 aromatic carbocycles. The minimum atomic E-state index is -0.679. The Hall–Kier alpha value is -2.11. The summed E-state index contributed by atoms with van der Waals surface area (Å²) in [5.41, 5.74) is 9.12. The average molecular weight is 337 g/mol. The van der Waals surface area contributed by atoms with E-state index in [1.165, 1.54) is 7.11 Å². The topological polar surface area (TPSA) is 74.3 Å². The lowest BCUT2D eigenvalue weighted by Gasteiger charge is -2.11. The van der Waals surface area contributed by atoms with Gasteiger partial charge in [-0.2, -0.15) is 0 Å². The summed E-state index contributed by atoms with van der Waals surface area (Å²) in [7, 11) is 3.05. The highest BCUT2D eigenvalue weighted by molar-refractivity contribution is 5.85. The highest BCUT2D eigenvalue weighted by Gasteiger charge is 2.14. The van der Waals surface area contributed by atoms with Crippen LogP contribution in [0.1, 0.15) is 11.1 Å². The number of nitrogens with two attached hydrogens (primary N) is 1. The van der Waals surface area contributed by atoms with Crippen LogP contribution in [0, 0.1) is 6.92 Å². The van der Waals surface area contributed by atoms with Crippen molar-refractivity contribution in [3.05, 3.63) is 58.0 Å². The molecule has 1 aromatic heterocycles. The number of ether oxygens (including phenoxy) is 1. The van der Waals surface area contributed by atoms with Crippen LogP contribution in [0.4, 0.5) is 0 Å². The number of aryl methyl sites for hydroxylation is 2. The molecule has 0 amide bonds. The SMILES string of the molecule is COC(=O)[C@@H](N)Cc1ccc(-c2c(C)ccn(C)c2=O)cc1.Cl. The first-order valence-electron chi connectivity index (χ1n) is 7.03. The van der Waals surface area contributed by atoms with Gasteiger partial charge < -0.3 is 15.0 Å². The van der Waals surface area contributed by atoms with Crippen molar-refractivity contribution in [1.82, 2.24) is 4.57 Å². The maximum absolute atomic E-state index is 12.3. The van der Waals surface area contributed by atoms with Crippen molar-refractivity contribution < 1.29 is 9.53 Å². The zero-order valence-electron chi connectivity index (χ0n) is 13.4. The molecule has 0 saturated heterocycles. The fourth-order valence-electron chi connectivity index (χ4n) is 2.37. The zero-order chi connectivity index (χ0) is 16.3. The molecule has 0 bridgehead atoms. The minimum absolute atomic E-state index is 0. The van der Waals surface area contributed by atoms with Gasteiger partial charge in [0.15, 0.2) is 0 Å². The van der Waals surface area contributed by atoms with Crippen molar-refractivity contribution in [3.63, 3.8) is 0 Å². The van der Waals surface area contributed by atoms with Gasteiger partial charge in [0.2, 0.25) is 0 Å². The van der Waals surface area contributed by atoms with E-state index in [4.69, 9.17) is 5.73 Å². The summed E-state index contributed by atoms with van der Waals surface area (Å²) in [6, 6.07) is 8.75. The number of esters is 1. The maximum Gasteiger partial charge on any atom is 0.322 e. The molecule has 0 fully saturated rings. The van der Waals surface area contributed by atoms with Crippen LogP contribution in [0.2, 0.25) is 0 Å². The number of hydrogen-bond acceptors (Lipinski definition) is 4. The van der Waals surface area contributed by atoms with Gasteiger partial charge in [-0.25, -0.2) is 0 Å². The fourth-order valence-corrected chi connectivity index (χ4v) is 2.37. The molecule has 6 heteroatoms. The number of halogens is 1. The van der Waals surface area contributed by atoms with Crippen molar-refractivity contribution in [2.45, 2.75) is 19.4 Å². The number of carbonyl (C=O) groups is 1. The third-order valence-electron chi connectivity index (χ3n) is 3.68. The normalized spacial score (nSPS) is 11.5. The van der Waals surface area contributed by atoms with E-state index >= 15 is 0 Å². The van der Waals surface area contributed by atoms with Crippen LogP contribution in [0.5, 0.6) is 0 Å². The first-order valence-corrected chi connectivity index (χ1v) is 7.03. The van der Waals surface area contributed by atoms with Crippen molar-refractivity contribution >= 4 is 18.4 Å². The monoisotopic (exact) mass is 336 g/mol. The Labute approximate surface area is 141 Å². The van der Waals surface area contributed by atoms with Gasteiger partial charge in [-0.15, -0.1) is 12.4 Å². The second-order valence-electron chi connectivity index (χ2n) is 5.32. The molecule has 0 aliphatic rings. The molecular formula is C17H21ClN2O3. The second kappa shape index (κ2) is 7.94. The Bertz CT molecular complexity index is 738. The van der Waals surface area contributed by atoms with Crippen molar-refractivity contribution in [2.75, 3.05) is 7.11 Å². The van der Waals surface area contributed by atoms with Gasteiger partial charge in [0.25, 0.3) is 5.56 Å². The van der Waals surface area contributed by atoms with E-state index in [0.29, 0.717) is 12.0 Å². The zero-order valence-corrected chi connectivity index (χ0v) is 14.2. The van der Waals surface area contributed by atoms with Crippen molar-refractivity contribution in [1.29, 1.82) is 0 Å². The lowest BCUT2D eigenvalue weighted by atomic mass is 9.99. The quantitative estimate of drug-likeness (QED) is 0.864. The fraction of sp³-hybridized carbons (Fsp3) is 0.294. The number of methoxy groups -OCH3 is 1. The summed E-state index contributed by atoms with van der Waals surface area (Å²) >= 11 is 0. The standard InChI is InChI=1S/C17H20N2O3.ClH/c1-11-8-9-19(2)16(20)15(11)13-6-4-12(5-7-13)10-14(18)17(21)22-3;/h4-9,14H,10,18H2,1-3H3;1H/t14-;/m0./s1. The predicted octanol–water partition coefficient (Wildman–Crippen LogP) is 1.83. The van der Waals surface area contributed by atoms with Gasteiger partial charge in [-0.05, 0) is 36.1 Å². The molecule has 0 unspecified atom stereocenters. The van der Waals surface area contributed by atoms with Crippen LogP contribution in [-0.2, 0) is 23.0 Å². The summed E-state index contributed by atoms with van der Waals surface area (Å²) in [6.07, 6.45) is 2.16. The van der Waals surface area contributed by atoms with Gasteiger partial charge in [0.05, 0.1) is 12.7 Å². The Balaban J connectivity index is 0.00000264. The minimum Gasteiger partial charge on any atom is -0.468 e. The van der Waals surface area contributed by atoms with Gasteiger partial charge in [0.1, 0.15) is 6.04 Å². The first kappa shape index (κ1) is 18.9. The molecule has 1 atom stereocenters. The molecule has 0 aliphatic heterocycles. The Morgan fingerprint density at radius 2 is 1.87 bits per heavy atom. The van der Waals surface area contributed by atoms with Crippen LogP contribution in [0.3, 0.4) is 0 Å². The van der Waals surface area contributed by atoms with Crippen molar-refractivity contribution in [2.24, 2.45) is 12.8 Å². The van der Waals surface area contributed by atoms with Crippen LogP contribution < -0.4 is 11.3 Å². The lowest BCUT2D eigenvalue weighted by Crippen LogP contribution is -2.33. The molecule has 124 valence electrons. The highest BCUT2D eigenvalue weighted by Crippen LogP contribution is 2.20. The largest absolute Gasteiger partial charge is 0.468 e. The van der Waals surface area contributed by atoms with Crippen LogP contribution in [0.15, 0.2) is 41.3 Å². The van der Waals surface area contributed by atoms with E-state index in [1.807, 2.05) is 37.3 Å². The van der Waals surface area contributed by atoms with Gasteiger partial charge in [0, 0.05) is 13.2 Å². The summed E-state index contributed by atoms with van der Waals surface area (Å²) in [6.45, 7) is 1.91. The predicted molar refractivity (Wildman–Crippen MR) is 92.8 cm³/mol. The summed E-state index contributed by atoms with van der Waals surface area (Å²) in [4.78, 5) is 23.6. The summed E-state index contributed by atoms with van der Waals surface area (Å²) in [5, 5.41) is 0. The molecule has 23 heavy (non-hydrogen) atoms. The van der Waals surface area contributed by atoms with E-state index in [0.717, 1.165) is 16.7 Å². The molecule has 0 radical (unpaired) electrons. The number of hydrogen-bond donors (Lipinski definition) is 1. The molecule has 0 aliphatic carbocycles. The van der Waals surface area contributed by atoms with Gasteiger partial charge >= 0.3 is 5.97 Å². The number of aromatic nitrogens is 1. The molecular weight excluding hydrogens is 316 g/mol. The third-order valence-corrected chi connectivity index (χ3v) is 3.68. The number of carbonyl (C=O) groups excluding carboxylic acids is 1. The lowest BCUT2D eigenvalue weighted by molar-refractivity contribution is -0.142. The van der Waals surface area contributed by atoms with E-state index in [9.17, 15) is 9.59 Å². The third kappa shape index (κ3) is 4.21. The molecule has 2 aromatic rings. The number of pyridine rings is 1. The van der Waals surface area contributed by atoms with Crippen LogP contribution in [0.25, 0.3) is 11.1 Å². The Morgan fingerprint density at radius 1 is 1.26 bits per heavy atom. The van der Waals surface area contributed by atoms with Crippen LogP contribution >= 0.6 is 12.4 Å². The number of benzene rings is 1. The molecule has 5 nitrogen and oxygen atoms in total. The molecule has 2 N–H and O–H groups in total. The number of rotatable bonds is 4. The van der Waals surface area contributed by atoms with Crippen LogP contribution in [-0.4, -0.2) is 23.7 Å². The first-order chi connectivity index (χ1) is 10.4. The average Bonchev–Trinajstić information content (AvgIpc) is 2.52. The molecule has 0 spiro atoms.